The number of benzene rings is 2. The second kappa shape index (κ2) is 9.48. The van der Waals surface area contributed by atoms with Crippen LogP contribution in [-0.4, -0.2) is 26.0 Å². The molecule has 0 fully saturated rings. The van der Waals surface area contributed by atoms with Crippen molar-refractivity contribution in [2.24, 2.45) is 0 Å². The molecule has 0 bridgehead atoms. The van der Waals surface area contributed by atoms with Gasteiger partial charge in [0.1, 0.15) is 0 Å². The Kier molecular flexibility index (Phi) is 7.05. The van der Waals surface area contributed by atoms with Gasteiger partial charge < -0.3 is 9.47 Å². The van der Waals surface area contributed by atoms with Crippen LogP contribution in [0.25, 0.3) is 6.08 Å². The molecule has 0 aromatic heterocycles. The van der Waals surface area contributed by atoms with Crippen LogP contribution in [0.5, 0.6) is 11.5 Å². The van der Waals surface area contributed by atoms with Crippen molar-refractivity contribution < 1.29 is 19.1 Å². The summed E-state index contributed by atoms with van der Waals surface area (Å²) >= 11 is 5.79. The third kappa shape index (κ3) is 5.82. The van der Waals surface area contributed by atoms with Crippen molar-refractivity contribution in [3.8, 4) is 11.5 Å². The lowest BCUT2D eigenvalue weighted by molar-refractivity contribution is -0.126. The highest BCUT2D eigenvalue weighted by Gasteiger charge is 2.05. The van der Waals surface area contributed by atoms with Crippen LogP contribution in [0.2, 0.25) is 5.02 Å². The molecular weight excluding hydrogens is 356 g/mol. The molecule has 0 aliphatic carbocycles. The van der Waals surface area contributed by atoms with Crippen LogP contribution in [0.4, 0.5) is 0 Å². The number of carbonyl (C=O) groups is 2. The van der Waals surface area contributed by atoms with Crippen LogP contribution in [0.1, 0.15) is 11.1 Å². The van der Waals surface area contributed by atoms with Gasteiger partial charge in [0, 0.05) is 11.1 Å². The molecule has 0 heterocycles. The van der Waals surface area contributed by atoms with Crippen molar-refractivity contribution in [1.82, 2.24) is 10.9 Å². The molecule has 0 saturated heterocycles. The van der Waals surface area contributed by atoms with E-state index in [-0.39, 0.29) is 12.3 Å². The van der Waals surface area contributed by atoms with Gasteiger partial charge in [-0.3, -0.25) is 20.4 Å². The lowest BCUT2D eigenvalue weighted by atomic mass is 10.1. The molecule has 2 aromatic rings. The second-order valence-corrected chi connectivity index (χ2v) is 5.72. The zero-order valence-corrected chi connectivity index (χ0v) is 15.2. The van der Waals surface area contributed by atoms with Crippen molar-refractivity contribution >= 4 is 29.5 Å². The maximum Gasteiger partial charge on any atom is 0.262 e. The highest BCUT2D eigenvalue weighted by Crippen LogP contribution is 2.27. The Morgan fingerprint density at radius 3 is 2.35 bits per heavy atom. The lowest BCUT2D eigenvalue weighted by Crippen LogP contribution is -2.41. The van der Waals surface area contributed by atoms with Crippen LogP contribution in [-0.2, 0) is 16.0 Å². The Morgan fingerprint density at radius 2 is 1.69 bits per heavy atom. The summed E-state index contributed by atoms with van der Waals surface area (Å²) in [5.74, 6) is 0.374. The Bertz CT molecular complexity index is 804. The molecular formula is C19H19ClN2O4. The van der Waals surface area contributed by atoms with E-state index in [0.717, 1.165) is 11.1 Å². The second-order valence-electron chi connectivity index (χ2n) is 5.29. The van der Waals surface area contributed by atoms with Gasteiger partial charge >= 0.3 is 0 Å². The predicted molar refractivity (Wildman–Crippen MR) is 100 cm³/mol. The third-order valence-corrected chi connectivity index (χ3v) is 3.69. The fraction of sp³-hybridized carbons (Fsp3) is 0.158. The van der Waals surface area contributed by atoms with E-state index in [0.29, 0.717) is 16.5 Å². The van der Waals surface area contributed by atoms with Crippen LogP contribution in [0.3, 0.4) is 0 Å². The van der Waals surface area contributed by atoms with Crippen LogP contribution >= 0.6 is 11.6 Å². The summed E-state index contributed by atoms with van der Waals surface area (Å²) in [5.41, 5.74) is 6.23. The first-order chi connectivity index (χ1) is 12.5. The average Bonchev–Trinajstić information content (AvgIpc) is 2.66. The molecule has 0 atom stereocenters. The summed E-state index contributed by atoms with van der Waals surface area (Å²) in [6.45, 7) is 0. The molecule has 2 N–H and O–H groups in total. The third-order valence-electron chi connectivity index (χ3n) is 3.44. The van der Waals surface area contributed by atoms with E-state index in [1.54, 1.807) is 55.7 Å². The number of hydrogen-bond donors (Lipinski definition) is 2. The van der Waals surface area contributed by atoms with Crippen LogP contribution < -0.4 is 20.3 Å². The number of hydrogen-bond acceptors (Lipinski definition) is 4. The number of carbonyl (C=O) groups excluding carboxylic acids is 2. The SMILES string of the molecule is COc1ccc(/C=C/C(=O)NNC(=O)Cc2ccc(Cl)cc2)cc1OC. The molecule has 2 aromatic carbocycles. The number of nitrogens with one attached hydrogen (secondary N) is 2. The van der Waals surface area contributed by atoms with Gasteiger partial charge in [0.2, 0.25) is 5.91 Å². The Balaban J connectivity index is 1.85. The first-order valence-corrected chi connectivity index (χ1v) is 8.13. The molecule has 0 aliphatic heterocycles. The van der Waals surface area contributed by atoms with Crippen molar-refractivity contribution in [2.45, 2.75) is 6.42 Å². The minimum absolute atomic E-state index is 0.136. The first-order valence-electron chi connectivity index (χ1n) is 7.75. The Hall–Kier alpha value is -2.99. The van der Waals surface area contributed by atoms with E-state index >= 15 is 0 Å². The summed E-state index contributed by atoms with van der Waals surface area (Å²) in [5, 5.41) is 0.600. The summed E-state index contributed by atoms with van der Waals surface area (Å²) in [7, 11) is 3.09. The number of amides is 2. The fourth-order valence-electron chi connectivity index (χ4n) is 2.13. The first kappa shape index (κ1) is 19.3. The molecule has 2 rings (SSSR count). The number of hydrazine groups is 1. The highest BCUT2D eigenvalue weighted by atomic mass is 35.5. The molecule has 0 saturated carbocycles. The number of halogens is 1. The quantitative estimate of drug-likeness (QED) is 0.602. The summed E-state index contributed by atoms with van der Waals surface area (Å²) < 4.78 is 10.4. The molecule has 7 heteroatoms. The monoisotopic (exact) mass is 374 g/mol. The number of methoxy groups -OCH3 is 2. The van der Waals surface area contributed by atoms with Gasteiger partial charge in [-0.1, -0.05) is 29.8 Å². The maximum absolute atomic E-state index is 11.8. The fourth-order valence-corrected chi connectivity index (χ4v) is 2.26. The summed E-state index contributed by atoms with van der Waals surface area (Å²) in [4.78, 5) is 23.6. The average molecular weight is 375 g/mol. The molecule has 0 aliphatic rings. The van der Waals surface area contributed by atoms with Crippen LogP contribution in [0, 0.1) is 0 Å². The van der Waals surface area contributed by atoms with E-state index in [1.165, 1.54) is 13.2 Å². The van der Waals surface area contributed by atoms with Gasteiger partial charge in [0.25, 0.3) is 5.91 Å². The minimum atomic E-state index is -0.454. The van der Waals surface area contributed by atoms with Crippen LogP contribution in [0.15, 0.2) is 48.5 Å². The van der Waals surface area contributed by atoms with E-state index in [2.05, 4.69) is 10.9 Å². The molecule has 0 radical (unpaired) electrons. The molecule has 136 valence electrons. The van der Waals surface area contributed by atoms with Crippen molar-refractivity contribution in [3.63, 3.8) is 0 Å². The van der Waals surface area contributed by atoms with Gasteiger partial charge in [-0.05, 0) is 41.5 Å². The lowest BCUT2D eigenvalue weighted by Gasteiger charge is -2.08. The van der Waals surface area contributed by atoms with Gasteiger partial charge in [-0.15, -0.1) is 0 Å². The highest BCUT2D eigenvalue weighted by molar-refractivity contribution is 6.30. The summed E-state index contributed by atoms with van der Waals surface area (Å²) in [6, 6.07) is 12.2. The van der Waals surface area contributed by atoms with E-state index in [4.69, 9.17) is 21.1 Å². The van der Waals surface area contributed by atoms with Gasteiger partial charge in [-0.25, -0.2) is 0 Å². The smallest absolute Gasteiger partial charge is 0.262 e. The number of ether oxygens (including phenoxy) is 2. The van der Waals surface area contributed by atoms with Crippen molar-refractivity contribution in [2.75, 3.05) is 14.2 Å². The zero-order chi connectivity index (χ0) is 18.9. The topological polar surface area (TPSA) is 76.7 Å². The predicted octanol–water partition coefficient (Wildman–Crippen LogP) is 2.76. The molecule has 6 nitrogen and oxygen atoms in total. The van der Waals surface area contributed by atoms with Crippen molar-refractivity contribution in [3.05, 3.63) is 64.7 Å². The zero-order valence-electron chi connectivity index (χ0n) is 14.4. The van der Waals surface area contributed by atoms with Crippen molar-refractivity contribution in [1.29, 1.82) is 0 Å². The standard InChI is InChI=1S/C19H19ClN2O4/c1-25-16-9-5-13(11-17(16)26-2)6-10-18(23)21-22-19(24)12-14-3-7-15(20)8-4-14/h3-11H,12H2,1-2H3,(H,21,23)(H,22,24)/b10-6+. The maximum atomic E-state index is 11.8. The van der Waals surface area contributed by atoms with E-state index in [9.17, 15) is 9.59 Å². The Morgan fingerprint density at radius 1 is 1.00 bits per heavy atom. The largest absolute Gasteiger partial charge is 0.493 e. The minimum Gasteiger partial charge on any atom is -0.493 e. The van der Waals surface area contributed by atoms with Gasteiger partial charge in [0.15, 0.2) is 11.5 Å². The Labute approximate surface area is 156 Å². The number of rotatable bonds is 6. The summed E-state index contributed by atoms with van der Waals surface area (Å²) in [6.07, 6.45) is 3.04. The molecule has 2 amide bonds. The molecule has 26 heavy (non-hydrogen) atoms. The van der Waals surface area contributed by atoms with E-state index in [1.807, 2.05) is 0 Å². The van der Waals surface area contributed by atoms with E-state index < -0.39 is 5.91 Å². The van der Waals surface area contributed by atoms with Gasteiger partial charge in [0.05, 0.1) is 20.6 Å². The molecule has 0 unspecified atom stereocenters. The van der Waals surface area contributed by atoms with Gasteiger partial charge in [-0.2, -0.15) is 0 Å². The normalized spacial score (nSPS) is 10.4. The molecule has 0 spiro atoms.